The van der Waals surface area contributed by atoms with Crippen LogP contribution in [0.15, 0.2) is 0 Å². The van der Waals surface area contributed by atoms with Crippen LogP contribution in [-0.2, 0) is 28.5 Å². The summed E-state index contributed by atoms with van der Waals surface area (Å²) < 4.78 is 20.8. The van der Waals surface area contributed by atoms with Crippen molar-refractivity contribution in [3.05, 3.63) is 0 Å². The van der Waals surface area contributed by atoms with Gasteiger partial charge in [-0.3, -0.25) is 9.59 Å². The van der Waals surface area contributed by atoms with Crippen molar-refractivity contribution in [1.29, 1.82) is 0 Å². The van der Waals surface area contributed by atoms with E-state index in [9.17, 15) is 9.59 Å². The summed E-state index contributed by atoms with van der Waals surface area (Å²) in [6.45, 7) is 3.37. The van der Waals surface area contributed by atoms with Gasteiger partial charge < -0.3 is 18.9 Å². The summed E-state index contributed by atoms with van der Waals surface area (Å²) in [7, 11) is 0. The summed E-state index contributed by atoms with van der Waals surface area (Å²) in [5.41, 5.74) is 0. The molecular formula is C12H16O6S4. The molecule has 0 saturated carbocycles. The van der Waals surface area contributed by atoms with E-state index in [1.54, 1.807) is 0 Å². The Morgan fingerprint density at radius 2 is 1.36 bits per heavy atom. The first-order chi connectivity index (χ1) is 10.4. The smallest absolute Gasteiger partial charge is 0.302 e. The van der Waals surface area contributed by atoms with Crippen LogP contribution in [0, 0.1) is 0 Å². The van der Waals surface area contributed by atoms with Gasteiger partial charge in [-0.25, -0.2) is 0 Å². The van der Waals surface area contributed by atoms with Crippen molar-refractivity contribution < 1.29 is 28.5 Å². The number of carbonyl (C=O) groups excluding carboxylic acids is 2. The normalized spacial score (nSPS) is 23.0. The molecule has 2 aliphatic rings. The molecule has 2 fully saturated rings. The highest BCUT2D eigenvalue weighted by atomic mass is 32.2. The van der Waals surface area contributed by atoms with Crippen molar-refractivity contribution in [2.24, 2.45) is 0 Å². The minimum atomic E-state index is -0.281. The standard InChI is InChI=1S/2C6H8O3S2/c2*1-4(7)8-2-5-3-11-6(10)9-5/h2*5H,2-3H2,1H3. The second-order valence-electron chi connectivity index (χ2n) is 4.21. The highest BCUT2D eigenvalue weighted by molar-refractivity contribution is 8.23. The lowest BCUT2D eigenvalue weighted by Gasteiger charge is -2.07. The summed E-state index contributed by atoms with van der Waals surface area (Å²) in [6, 6.07) is 0. The van der Waals surface area contributed by atoms with Crippen LogP contribution in [0.5, 0.6) is 0 Å². The first-order valence-corrected chi connectivity index (χ1v) is 9.09. The number of thioether (sulfide) groups is 2. The fourth-order valence-electron chi connectivity index (χ4n) is 1.32. The van der Waals surface area contributed by atoms with Crippen LogP contribution < -0.4 is 0 Å². The van der Waals surface area contributed by atoms with Crippen LogP contribution in [0.2, 0.25) is 0 Å². The Morgan fingerprint density at radius 1 is 1.00 bits per heavy atom. The van der Waals surface area contributed by atoms with Crippen molar-refractivity contribution >= 4 is 68.7 Å². The molecule has 0 spiro atoms. The Morgan fingerprint density at radius 3 is 1.59 bits per heavy atom. The first-order valence-electron chi connectivity index (χ1n) is 6.30. The molecule has 2 heterocycles. The van der Waals surface area contributed by atoms with Gasteiger partial charge in [0.15, 0.2) is 0 Å². The van der Waals surface area contributed by atoms with E-state index >= 15 is 0 Å². The van der Waals surface area contributed by atoms with E-state index in [0.29, 0.717) is 22.0 Å². The van der Waals surface area contributed by atoms with Gasteiger partial charge in [0.25, 0.3) is 0 Å². The molecule has 2 aliphatic heterocycles. The second kappa shape index (κ2) is 10.2. The predicted molar refractivity (Wildman–Crippen MR) is 93.1 cm³/mol. The minimum Gasteiger partial charge on any atom is -0.471 e. The molecule has 0 aromatic heterocycles. The van der Waals surface area contributed by atoms with Gasteiger partial charge in [-0.05, 0) is 24.4 Å². The van der Waals surface area contributed by atoms with Crippen LogP contribution in [-0.4, -0.2) is 57.6 Å². The summed E-state index contributed by atoms with van der Waals surface area (Å²) in [5, 5.41) is 0. The van der Waals surface area contributed by atoms with E-state index in [-0.39, 0.29) is 24.1 Å². The van der Waals surface area contributed by atoms with Crippen LogP contribution in [0.25, 0.3) is 0 Å². The molecule has 2 unspecified atom stereocenters. The minimum absolute atomic E-state index is 0.0450. The number of hydrogen-bond acceptors (Lipinski definition) is 10. The molecule has 10 heteroatoms. The molecule has 0 N–H and O–H groups in total. The lowest BCUT2D eigenvalue weighted by molar-refractivity contribution is -0.143. The third-order valence-electron chi connectivity index (χ3n) is 2.24. The van der Waals surface area contributed by atoms with Gasteiger partial charge in [0.1, 0.15) is 25.4 Å². The molecular weight excluding hydrogens is 368 g/mol. The molecule has 22 heavy (non-hydrogen) atoms. The van der Waals surface area contributed by atoms with Crippen molar-refractivity contribution in [2.75, 3.05) is 24.7 Å². The average Bonchev–Trinajstić information content (AvgIpc) is 3.03. The lowest BCUT2D eigenvalue weighted by atomic mass is 10.4. The van der Waals surface area contributed by atoms with Gasteiger partial charge >= 0.3 is 11.9 Å². The molecule has 0 aromatic rings. The maximum absolute atomic E-state index is 10.4. The molecule has 0 aliphatic carbocycles. The van der Waals surface area contributed by atoms with Crippen LogP contribution in [0.1, 0.15) is 13.8 Å². The van der Waals surface area contributed by atoms with E-state index in [1.807, 2.05) is 0 Å². The Balaban J connectivity index is 0.000000220. The maximum atomic E-state index is 10.4. The Hall–Kier alpha value is -0.580. The first kappa shape index (κ1) is 19.5. The summed E-state index contributed by atoms with van der Waals surface area (Å²) in [4.78, 5) is 20.7. The molecule has 0 aromatic carbocycles. The Kier molecular flexibility index (Phi) is 9.06. The number of thiocarbonyl (C=S) groups is 2. The fraction of sp³-hybridized carbons (Fsp3) is 0.667. The molecule has 2 atom stereocenters. The number of hydrogen-bond donors (Lipinski definition) is 0. The van der Waals surface area contributed by atoms with Crippen LogP contribution in [0.3, 0.4) is 0 Å². The quantitative estimate of drug-likeness (QED) is 0.530. The van der Waals surface area contributed by atoms with Gasteiger partial charge in [0.05, 0.1) is 0 Å². The number of ether oxygens (including phenoxy) is 4. The van der Waals surface area contributed by atoms with E-state index in [0.717, 1.165) is 11.5 Å². The van der Waals surface area contributed by atoms with Crippen molar-refractivity contribution in [2.45, 2.75) is 26.1 Å². The van der Waals surface area contributed by atoms with E-state index in [4.69, 9.17) is 43.4 Å². The van der Waals surface area contributed by atoms with Gasteiger partial charge in [-0.1, -0.05) is 23.5 Å². The molecule has 0 bridgehead atoms. The highest BCUT2D eigenvalue weighted by Gasteiger charge is 2.22. The predicted octanol–water partition coefficient (Wildman–Crippen LogP) is 1.93. The van der Waals surface area contributed by atoms with Gasteiger partial charge in [-0.15, -0.1) is 0 Å². The summed E-state index contributed by atoms with van der Waals surface area (Å²) in [5.74, 6) is 1.01. The Labute approximate surface area is 147 Å². The third-order valence-corrected chi connectivity index (χ3v) is 4.89. The zero-order valence-corrected chi connectivity index (χ0v) is 15.3. The zero-order chi connectivity index (χ0) is 16.5. The van der Waals surface area contributed by atoms with E-state index in [1.165, 1.54) is 37.4 Å². The molecule has 0 amide bonds. The summed E-state index contributed by atoms with van der Waals surface area (Å²) in [6.07, 6.45) is -0.0900. The van der Waals surface area contributed by atoms with Crippen LogP contribution >= 0.6 is 48.0 Å². The number of esters is 2. The highest BCUT2D eigenvalue weighted by Crippen LogP contribution is 2.20. The van der Waals surface area contributed by atoms with Crippen molar-refractivity contribution in [3.63, 3.8) is 0 Å². The SMILES string of the molecule is CC(=O)OCC1CSC(=S)O1.CC(=O)OCC1CSC(=S)O1. The lowest BCUT2D eigenvalue weighted by Crippen LogP contribution is -2.19. The number of carbonyl (C=O) groups is 2. The number of rotatable bonds is 4. The molecule has 6 nitrogen and oxygen atoms in total. The summed E-state index contributed by atoms with van der Waals surface area (Å²) >= 11 is 12.5. The third kappa shape index (κ3) is 8.76. The Bertz CT molecular complexity index is 401. The monoisotopic (exact) mass is 384 g/mol. The molecule has 2 rings (SSSR count). The van der Waals surface area contributed by atoms with Crippen molar-refractivity contribution in [3.8, 4) is 0 Å². The van der Waals surface area contributed by atoms with Gasteiger partial charge in [0, 0.05) is 25.4 Å². The molecule has 124 valence electrons. The fourth-order valence-corrected chi connectivity index (χ4v) is 3.38. The van der Waals surface area contributed by atoms with E-state index in [2.05, 4.69) is 0 Å². The topological polar surface area (TPSA) is 71.1 Å². The maximum Gasteiger partial charge on any atom is 0.302 e. The van der Waals surface area contributed by atoms with E-state index < -0.39 is 0 Å². The van der Waals surface area contributed by atoms with Crippen molar-refractivity contribution in [1.82, 2.24) is 0 Å². The average molecular weight is 385 g/mol. The molecule has 0 radical (unpaired) electrons. The van der Waals surface area contributed by atoms with Gasteiger partial charge in [0.2, 0.25) is 8.77 Å². The largest absolute Gasteiger partial charge is 0.471 e. The zero-order valence-electron chi connectivity index (χ0n) is 12.1. The van der Waals surface area contributed by atoms with Gasteiger partial charge in [-0.2, -0.15) is 0 Å². The second-order valence-corrected chi connectivity index (χ2v) is 7.45. The van der Waals surface area contributed by atoms with Crippen LogP contribution in [0.4, 0.5) is 0 Å². The molecule has 2 saturated heterocycles.